The first-order valence-corrected chi connectivity index (χ1v) is 6.68. The van der Waals surface area contributed by atoms with Crippen molar-refractivity contribution in [3.8, 4) is 0 Å². The van der Waals surface area contributed by atoms with Gasteiger partial charge in [-0.2, -0.15) is 0 Å². The Morgan fingerprint density at radius 1 is 1.35 bits per heavy atom. The van der Waals surface area contributed by atoms with Gasteiger partial charge in [0.2, 0.25) is 0 Å². The van der Waals surface area contributed by atoms with Crippen molar-refractivity contribution in [2.24, 2.45) is 0 Å². The third-order valence-electron chi connectivity index (χ3n) is 2.69. The van der Waals surface area contributed by atoms with Gasteiger partial charge in [-0.25, -0.2) is 9.97 Å². The second-order valence-electron chi connectivity index (χ2n) is 3.96. The Kier molecular flexibility index (Phi) is 4.23. The number of thiophene rings is 1. The minimum Gasteiger partial charge on any atom is -0.304 e. The first-order valence-electron chi connectivity index (χ1n) is 5.86. The van der Waals surface area contributed by atoms with Crippen LogP contribution in [0.4, 0.5) is 0 Å². The molecule has 0 bridgehead atoms. The van der Waals surface area contributed by atoms with Crippen LogP contribution in [0.3, 0.4) is 0 Å². The summed E-state index contributed by atoms with van der Waals surface area (Å²) in [5, 5.41) is 3.47. The Morgan fingerprint density at radius 2 is 2.24 bits per heavy atom. The quantitative estimate of drug-likeness (QED) is 0.882. The number of hydrogen-bond donors (Lipinski definition) is 1. The van der Waals surface area contributed by atoms with Crippen molar-refractivity contribution in [1.29, 1.82) is 0 Å². The number of nitrogens with one attached hydrogen (secondary N) is 1. The fourth-order valence-corrected chi connectivity index (χ4v) is 2.58. The first kappa shape index (κ1) is 12.2. The van der Waals surface area contributed by atoms with Crippen molar-refractivity contribution in [3.05, 3.63) is 46.2 Å². The predicted octanol–water partition coefficient (Wildman–Crippen LogP) is 2.95. The topological polar surface area (TPSA) is 37.8 Å². The van der Waals surface area contributed by atoms with E-state index in [1.165, 1.54) is 9.75 Å². The highest BCUT2D eigenvalue weighted by Crippen LogP contribution is 2.23. The summed E-state index contributed by atoms with van der Waals surface area (Å²) in [4.78, 5) is 10.9. The normalized spacial score (nSPS) is 12.6. The Labute approximate surface area is 106 Å². The highest BCUT2D eigenvalue weighted by atomic mass is 32.1. The molecular weight excluding hydrogens is 230 g/mol. The third-order valence-corrected chi connectivity index (χ3v) is 4.10. The molecule has 17 heavy (non-hydrogen) atoms. The molecule has 0 saturated carbocycles. The summed E-state index contributed by atoms with van der Waals surface area (Å²) in [6, 6.07) is 6.73. The maximum atomic E-state index is 4.20. The van der Waals surface area contributed by atoms with E-state index in [0.29, 0.717) is 6.04 Å². The summed E-state index contributed by atoms with van der Waals surface area (Å²) in [6.45, 7) is 5.16. The molecule has 1 unspecified atom stereocenters. The van der Waals surface area contributed by atoms with E-state index in [1.807, 2.05) is 17.4 Å². The molecular formula is C13H17N3S. The molecule has 0 spiro atoms. The second-order valence-corrected chi connectivity index (χ2v) is 5.16. The zero-order chi connectivity index (χ0) is 12.1. The first-order chi connectivity index (χ1) is 8.29. The van der Waals surface area contributed by atoms with E-state index in [0.717, 1.165) is 18.7 Å². The van der Waals surface area contributed by atoms with Gasteiger partial charge in [-0.1, -0.05) is 6.92 Å². The van der Waals surface area contributed by atoms with Crippen LogP contribution >= 0.6 is 11.3 Å². The number of rotatable bonds is 5. The maximum Gasteiger partial charge on any atom is 0.115 e. The summed E-state index contributed by atoms with van der Waals surface area (Å²) < 4.78 is 0. The lowest BCUT2D eigenvalue weighted by Gasteiger charge is -2.11. The number of nitrogens with zero attached hydrogens (tertiary/aromatic N) is 2. The monoisotopic (exact) mass is 247 g/mol. The predicted molar refractivity (Wildman–Crippen MR) is 71.0 cm³/mol. The smallest absolute Gasteiger partial charge is 0.115 e. The lowest BCUT2D eigenvalue weighted by molar-refractivity contribution is 0.575. The molecule has 2 aromatic heterocycles. The van der Waals surface area contributed by atoms with Gasteiger partial charge >= 0.3 is 0 Å². The van der Waals surface area contributed by atoms with Gasteiger partial charge in [0.15, 0.2) is 0 Å². The zero-order valence-electron chi connectivity index (χ0n) is 10.2. The van der Waals surface area contributed by atoms with E-state index in [9.17, 15) is 0 Å². The van der Waals surface area contributed by atoms with Crippen molar-refractivity contribution >= 4 is 11.3 Å². The largest absolute Gasteiger partial charge is 0.304 e. The Hall–Kier alpha value is -1.26. The van der Waals surface area contributed by atoms with E-state index < -0.39 is 0 Å². The van der Waals surface area contributed by atoms with Gasteiger partial charge < -0.3 is 5.32 Å². The molecule has 0 fully saturated rings. The van der Waals surface area contributed by atoms with Crippen LogP contribution in [0.5, 0.6) is 0 Å². The van der Waals surface area contributed by atoms with Crippen molar-refractivity contribution < 1.29 is 0 Å². The van der Waals surface area contributed by atoms with Crippen LogP contribution in [0.25, 0.3) is 0 Å². The van der Waals surface area contributed by atoms with Crippen molar-refractivity contribution in [3.63, 3.8) is 0 Å². The molecule has 3 nitrogen and oxygen atoms in total. The van der Waals surface area contributed by atoms with Gasteiger partial charge in [0.05, 0.1) is 5.69 Å². The van der Waals surface area contributed by atoms with Crippen molar-refractivity contribution in [1.82, 2.24) is 15.3 Å². The zero-order valence-corrected chi connectivity index (χ0v) is 11.0. The van der Waals surface area contributed by atoms with Crippen LogP contribution in [0.15, 0.2) is 30.7 Å². The van der Waals surface area contributed by atoms with Crippen LogP contribution in [0.1, 0.15) is 35.3 Å². The van der Waals surface area contributed by atoms with Gasteiger partial charge in [-0.05, 0) is 31.5 Å². The van der Waals surface area contributed by atoms with Gasteiger partial charge in [0.1, 0.15) is 6.33 Å². The lowest BCUT2D eigenvalue weighted by Crippen LogP contribution is -2.17. The molecule has 0 radical (unpaired) electrons. The van der Waals surface area contributed by atoms with Gasteiger partial charge in [0, 0.05) is 28.5 Å². The van der Waals surface area contributed by atoms with Crippen LogP contribution in [-0.2, 0) is 13.0 Å². The standard InChI is InChI=1S/C13H17N3S/c1-3-12-4-5-13(17-12)10(2)15-8-11-6-7-14-9-16-11/h4-7,9-10,15H,3,8H2,1-2H3. The molecule has 0 saturated heterocycles. The molecule has 0 amide bonds. The SMILES string of the molecule is CCc1ccc(C(C)NCc2ccncn2)s1. The van der Waals surface area contributed by atoms with Crippen LogP contribution in [0, 0.1) is 0 Å². The Morgan fingerprint density at radius 3 is 2.88 bits per heavy atom. The average Bonchev–Trinajstić information content (AvgIpc) is 2.86. The van der Waals surface area contributed by atoms with E-state index in [-0.39, 0.29) is 0 Å². The van der Waals surface area contributed by atoms with E-state index in [2.05, 4.69) is 41.3 Å². The summed E-state index contributed by atoms with van der Waals surface area (Å²) in [5.74, 6) is 0. The lowest BCUT2D eigenvalue weighted by atomic mass is 10.2. The molecule has 0 aliphatic rings. The van der Waals surface area contributed by atoms with Crippen LogP contribution in [-0.4, -0.2) is 9.97 Å². The molecule has 2 rings (SSSR count). The number of aromatic nitrogens is 2. The van der Waals surface area contributed by atoms with Gasteiger partial charge in [-0.3, -0.25) is 0 Å². The highest BCUT2D eigenvalue weighted by Gasteiger charge is 2.07. The van der Waals surface area contributed by atoms with E-state index in [1.54, 1.807) is 12.5 Å². The second kappa shape index (κ2) is 5.89. The third kappa shape index (κ3) is 3.35. The van der Waals surface area contributed by atoms with E-state index in [4.69, 9.17) is 0 Å². The molecule has 1 atom stereocenters. The maximum absolute atomic E-state index is 4.20. The minimum absolute atomic E-state index is 0.371. The number of aryl methyl sites for hydroxylation is 1. The fraction of sp³-hybridized carbons (Fsp3) is 0.385. The van der Waals surface area contributed by atoms with Crippen LogP contribution < -0.4 is 5.32 Å². The van der Waals surface area contributed by atoms with Crippen molar-refractivity contribution in [2.75, 3.05) is 0 Å². The van der Waals surface area contributed by atoms with Gasteiger partial charge in [-0.15, -0.1) is 11.3 Å². The average molecular weight is 247 g/mol. The number of hydrogen-bond acceptors (Lipinski definition) is 4. The summed E-state index contributed by atoms with van der Waals surface area (Å²) in [5.41, 5.74) is 1.03. The Balaban J connectivity index is 1.91. The molecule has 2 aromatic rings. The molecule has 0 aliphatic carbocycles. The summed E-state index contributed by atoms with van der Waals surface area (Å²) in [7, 11) is 0. The molecule has 90 valence electrons. The minimum atomic E-state index is 0.371. The highest BCUT2D eigenvalue weighted by molar-refractivity contribution is 7.12. The molecule has 0 aliphatic heterocycles. The molecule has 0 aromatic carbocycles. The summed E-state index contributed by atoms with van der Waals surface area (Å²) in [6.07, 6.45) is 4.47. The van der Waals surface area contributed by atoms with Gasteiger partial charge in [0.25, 0.3) is 0 Å². The molecule has 2 heterocycles. The van der Waals surface area contributed by atoms with E-state index >= 15 is 0 Å². The van der Waals surface area contributed by atoms with Crippen molar-refractivity contribution in [2.45, 2.75) is 32.9 Å². The Bertz CT molecular complexity index is 453. The molecule has 1 N–H and O–H groups in total. The fourth-order valence-electron chi connectivity index (χ4n) is 1.60. The summed E-state index contributed by atoms with van der Waals surface area (Å²) >= 11 is 1.88. The van der Waals surface area contributed by atoms with Crippen LogP contribution in [0.2, 0.25) is 0 Å². The molecule has 4 heteroatoms.